The van der Waals surface area contributed by atoms with Gasteiger partial charge < -0.3 is 17.1 Å². The molecule has 0 aromatic heterocycles. The normalized spacial score (nSPS) is 28.4. The van der Waals surface area contributed by atoms with E-state index < -0.39 is 0 Å². The van der Waals surface area contributed by atoms with Crippen molar-refractivity contribution in [1.82, 2.24) is 15.1 Å². The standard InChI is InChI=1S/C16H27N4.U/c1-15(2-3-15)13-19-8-4-16(12-17,5-9-19)14-20-10-6-18-7-11-20;/h18H,1-11,13-14H2;/q-1;. The Balaban J connectivity index is 0.00000161. The molecule has 0 atom stereocenters. The maximum absolute atomic E-state index is 9.68. The van der Waals surface area contributed by atoms with Crippen LogP contribution in [-0.2, 0) is 0 Å². The third kappa shape index (κ3) is 4.69. The zero-order chi connectivity index (χ0) is 14.1. The molecule has 0 spiro atoms. The van der Waals surface area contributed by atoms with Crippen LogP contribution in [0.15, 0.2) is 0 Å². The van der Waals surface area contributed by atoms with Gasteiger partial charge in [0.1, 0.15) is 0 Å². The molecule has 116 valence electrons. The molecule has 0 unspecified atom stereocenters. The van der Waals surface area contributed by atoms with Crippen molar-refractivity contribution in [2.24, 2.45) is 10.8 Å². The molecule has 1 N–H and O–H groups in total. The van der Waals surface area contributed by atoms with Crippen LogP contribution in [-0.4, -0.2) is 62.2 Å². The average molecular weight is 513 g/mol. The molecule has 2 aliphatic heterocycles. The van der Waals surface area contributed by atoms with Gasteiger partial charge in [0.15, 0.2) is 0 Å². The first-order valence-corrected chi connectivity index (χ1v) is 8.05. The van der Waals surface area contributed by atoms with E-state index in [1.165, 1.54) is 12.8 Å². The van der Waals surface area contributed by atoms with E-state index in [0.29, 0.717) is 5.41 Å². The van der Waals surface area contributed by atoms with Gasteiger partial charge in [0.25, 0.3) is 0 Å². The first kappa shape index (κ1) is 17.8. The zero-order valence-corrected chi connectivity index (χ0v) is 17.2. The summed E-state index contributed by atoms with van der Waals surface area (Å²) in [4.78, 5) is 5.01. The molecule has 4 nitrogen and oxygen atoms in total. The first-order chi connectivity index (χ1) is 9.63. The molecule has 0 radical (unpaired) electrons. The van der Waals surface area contributed by atoms with Crippen LogP contribution in [0.2, 0.25) is 0 Å². The third-order valence-electron chi connectivity index (χ3n) is 5.30. The molecule has 1 saturated carbocycles. The Morgan fingerprint density at radius 2 is 1.52 bits per heavy atom. The predicted octanol–water partition coefficient (Wildman–Crippen LogP) is 1.11. The van der Waals surface area contributed by atoms with Crippen LogP contribution < -0.4 is 5.32 Å². The molecule has 3 rings (SSSR count). The molecule has 0 aromatic carbocycles. The molecule has 5 heteroatoms. The van der Waals surface area contributed by atoms with Crippen LogP contribution >= 0.6 is 0 Å². The maximum Gasteiger partial charge on any atom is 0.0725 e. The van der Waals surface area contributed by atoms with Gasteiger partial charge in [-0.2, -0.15) is 5.26 Å². The van der Waals surface area contributed by atoms with Crippen LogP contribution in [0.5, 0.6) is 0 Å². The van der Waals surface area contributed by atoms with Crippen LogP contribution in [0.3, 0.4) is 0 Å². The monoisotopic (exact) mass is 513 g/mol. The second-order valence-corrected chi connectivity index (χ2v) is 7.19. The molecule has 2 heterocycles. The second kappa shape index (κ2) is 7.33. The number of piperazine rings is 1. The van der Waals surface area contributed by atoms with Crippen molar-refractivity contribution in [3.8, 4) is 6.07 Å². The molecule has 0 bridgehead atoms. The van der Waals surface area contributed by atoms with E-state index in [9.17, 15) is 5.26 Å². The Morgan fingerprint density at radius 3 is 2.05 bits per heavy atom. The number of nitrogens with one attached hydrogen (secondary N) is 1. The summed E-state index contributed by atoms with van der Waals surface area (Å²) >= 11 is 0. The van der Waals surface area contributed by atoms with Gasteiger partial charge in [-0.1, -0.05) is 12.8 Å². The van der Waals surface area contributed by atoms with Crippen molar-refractivity contribution >= 4 is 0 Å². The molecular formula is C16H27N4U-. The van der Waals surface area contributed by atoms with Gasteiger partial charge in [0.05, 0.1) is 11.5 Å². The summed E-state index contributed by atoms with van der Waals surface area (Å²) in [7, 11) is 0. The fourth-order valence-corrected chi connectivity index (χ4v) is 3.55. The van der Waals surface area contributed by atoms with Crippen LogP contribution in [0.25, 0.3) is 0 Å². The fraction of sp³-hybridized carbons (Fsp3) is 0.875. The summed E-state index contributed by atoms with van der Waals surface area (Å²) in [6, 6.07) is 2.66. The summed E-state index contributed by atoms with van der Waals surface area (Å²) in [5, 5.41) is 13.1. The summed E-state index contributed by atoms with van der Waals surface area (Å²) in [5.41, 5.74) is 0.247. The smallest absolute Gasteiger partial charge is 0.0725 e. The average Bonchev–Trinajstić information content (AvgIpc) is 3.20. The van der Waals surface area contributed by atoms with Crippen molar-refractivity contribution < 1.29 is 31.1 Å². The number of hydrogen-bond donors (Lipinski definition) is 1. The molecule has 3 aliphatic rings. The van der Waals surface area contributed by atoms with Crippen molar-refractivity contribution in [2.75, 3.05) is 52.4 Å². The number of likely N-dealkylation sites (tertiary alicyclic amines) is 1. The summed E-state index contributed by atoms with van der Waals surface area (Å²) < 4.78 is 0. The molecule has 21 heavy (non-hydrogen) atoms. The minimum atomic E-state index is -0.105. The van der Waals surface area contributed by atoms with Crippen molar-refractivity contribution in [3.63, 3.8) is 0 Å². The second-order valence-electron chi connectivity index (χ2n) is 7.19. The number of rotatable bonds is 4. The Labute approximate surface area is 153 Å². The Morgan fingerprint density at radius 1 is 0.952 bits per heavy atom. The molecule has 2 saturated heterocycles. The van der Waals surface area contributed by atoms with E-state index in [1.807, 2.05) is 0 Å². The predicted molar refractivity (Wildman–Crippen MR) is 80.1 cm³/mol. The molecule has 0 aromatic rings. The van der Waals surface area contributed by atoms with Gasteiger partial charge in [0.2, 0.25) is 0 Å². The van der Waals surface area contributed by atoms with Crippen molar-refractivity contribution in [1.29, 1.82) is 5.26 Å². The van der Waals surface area contributed by atoms with Crippen LogP contribution in [0.1, 0.15) is 25.7 Å². The molecule has 3 fully saturated rings. The quantitative estimate of drug-likeness (QED) is 0.573. The molecular weight excluding hydrogens is 486 g/mol. The zero-order valence-electron chi connectivity index (χ0n) is 13.0. The third-order valence-corrected chi connectivity index (χ3v) is 5.30. The van der Waals surface area contributed by atoms with E-state index in [-0.39, 0.29) is 36.5 Å². The van der Waals surface area contributed by atoms with E-state index in [1.54, 1.807) is 0 Å². The first-order valence-electron chi connectivity index (χ1n) is 8.05. The van der Waals surface area contributed by atoms with Gasteiger partial charge in [-0.25, -0.2) is 0 Å². The number of piperidine rings is 1. The van der Waals surface area contributed by atoms with Crippen molar-refractivity contribution in [2.45, 2.75) is 25.7 Å². The van der Waals surface area contributed by atoms with Gasteiger partial charge in [-0.15, -0.1) is 5.41 Å². The largest absolute Gasteiger partial charge is 0.336 e. The minimum absolute atomic E-state index is 0. The van der Waals surface area contributed by atoms with Crippen molar-refractivity contribution in [3.05, 3.63) is 6.92 Å². The topological polar surface area (TPSA) is 42.3 Å². The summed E-state index contributed by atoms with van der Waals surface area (Å²) in [6.07, 6.45) is 4.63. The number of nitriles is 1. The Kier molecular flexibility index (Phi) is 6.20. The van der Waals surface area contributed by atoms with Gasteiger partial charge in [0, 0.05) is 63.8 Å². The van der Waals surface area contributed by atoms with Gasteiger partial charge in [-0.3, -0.25) is 4.90 Å². The fourth-order valence-electron chi connectivity index (χ4n) is 3.55. The van der Waals surface area contributed by atoms with Crippen LogP contribution in [0.4, 0.5) is 0 Å². The molecule has 1 aliphatic carbocycles. The minimum Gasteiger partial charge on any atom is -0.336 e. The SMILES string of the molecule is [CH2-]C1(CN2CCC(C#N)(CN3CCNCC3)CC2)CC1.[U]. The Bertz CT molecular complexity index is 374. The van der Waals surface area contributed by atoms with Gasteiger partial charge in [-0.05, 0) is 32.5 Å². The van der Waals surface area contributed by atoms with Crippen LogP contribution in [0, 0.1) is 60.2 Å². The van der Waals surface area contributed by atoms with E-state index in [0.717, 1.165) is 65.2 Å². The number of nitrogens with zero attached hydrogens (tertiary/aromatic N) is 3. The summed E-state index contributed by atoms with van der Waals surface area (Å²) in [6.45, 7) is 12.9. The molecule has 0 amide bonds. The van der Waals surface area contributed by atoms with E-state index >= 15 is 0 Å². The maximum atomic E-state index is 9.68. The van der Waals surface area contributed by atoms with E-state index in [2.05, 4.69) is 28.1 Å². The number of hydrogen-bond acceptors (Lipinski definition) is 4. The summed E-state index contributed by atoms with van der Waals surface area (Å²) in [5.74, 6) is 0. The Hall–Kier alpha value is 0.422. The van der Waals surface area contributed by atoms with E-state index in [4.69, 9.17) is 0 Å². The van der Waals surface area contributed by atoms with Gasteiger partial charge >= 0.3 is 0 Å².